The molecule has 1 unspecified atom stereocenters. The lowest BCUT2D eigenvalue weighted by molar-refractivity contribution is 0.386. The quantitative estimate of drug-likeness (QED) is 0.736. The van der Waals surface area contributed by atoms with Crippen LogP contribution >= 0.6 is 11.3 Å². The first-order valence-corrected chi connectivity index (χ1v) is 8.11. The van der Waals surface area contributed by atoms with Crippen molar-refractivity contribution in [2.45, 2.75) is 12.8 Å². The van der Waals surface area contributed by atoms with Gasteiger partial charge in [-0.15, -0.1) is 0 Å². The Bertz CT molecular complexity index is 1100. The maximum absolute atomic E-state index is 12.8. The maximum atomic E-state index is 12.8. The fraction of sp³-hybridized carbons (Fsp3) is 0.111. The predicted molar refractivity (Wildman–Crippen MR) is 90.8 cm³/mol. The van der Waals surface area contributed by atoms with Gasteiger partial charge in [0, 0.05) is 10.1 Å². The van der Waals surface area contributed by atoms with Gasteiger partial charge in [0.15, 0.2) is 0 Å². The third kappa shape index (κ3) is 2.02. The zero-order chi connectivity index (χ0) is 16.8. The van der Waals surface area contributed by atoms with Crippen molar-refractivity contribution in [2.75, 3.05) is 0 Å². The number of benzene rings is 1. The fourth-order valence-electron chi connectivity index (χ4n) is 2.96. The Kier molecular flexibility index (Phi) is 3.18. The number of ether oxygens (including phenoxy) is 1. The Morgan fingerprint density at radius 3 is 2.75 bits per heavy atom. The summed E-state index contributed by atoms with van der Waals surface area (Å²) in [6.45, 7) is 1.81. The molecular weight excluding hydrogens is 324 g/mol. The summed E-state index contributed by atoms with van der Waals surface area (Å²) >= 11 is 1.13. The van der Waals surface area contributed by atoms with E-state index in [4.69, 9.17) is 14.9 Å². The highest BCUT2D eigenvalue weighted by Crippen LogP contribution is 2.44. The Balaban J connectivity index is 2.10. The molecule has 0 radical (unpaired) electrons. The number of nitrogens with two attached hydrogens (primary N) is 1. The highest BCUT2D eigenvalue weighted by atomic mass is 32.1. The molecule has 0 bridgehead atoms. The zero-order valence-electron chi connectivity index (χ0n) is 12.7. The highest BCUT2D eigenvalue weighted by Gasteiger charge is 2.36. The van der Waals surface area contributed by atoms with E-state index in [1.54, 1.807) is 12.1 Å². The van der Waals surface area contributed by atoms with Crippen LogP contribution in [0.2, 0.25) is 0 Å². The molecule has 6 heteroatoms. The Morgan fingerprint density at radius 2 is 2.04 bits per heavy atom. The Morgan fingerprint density at radius 1 is 1.25 bits per heavy atom. The number of rotatable bonds is 1. The summed E-state index contributed by atoms with van der Waals surface area (Å²) in [4.78, 5) is 12.8. The van der Waals surface area contributed by atoms with E-state index in [1.807, 2.05) is 31.2 Å². The van der Waals surface area contributed by atoms with E-state index in [9.17, 15) is 10.1 Å². The molecule has 2 N–H and O–H groups in total. The van der Waals surface area contributed by atoms with Gasteiger partial charge < -0.3 is 14.9 Å². The van der Waals surface area contributed by atoms with Crippen LogP contribution in [-0.4, -0.2) is 0 Å². The minimum atomic E-state index is -0.652. The van der Waals surface area contributed by atoms with Crippen LogP contribution in [0.5, 0.6) is 5.75 Å². The van der Waals surface area contributed by atoms with Gasteiger partial charge in [-0.2, -0.15) is 5.26 Å². The first kappa shape index (κ1) is 14.5. The van der Waals surface area contributed by atoms with Gasteiger partial charge in [0.2, 0.25) is 10.6 Å². The molecule has 0 amide bonds. The van der Waals surface area contributed by atoms with Crippen LogP contribution in [0, 0.1) is 18.3 Å². The van der Waals surface area contributed by atoms with Gasteiger partial charge in [0.25, 0.3) is 0 Å². The first-order valence-electron chi connectivity index (χ1n) is 7.30. The van der Waals surface area contributed by atoms with Gasteiger partial charge in [-0.05, 0) is 31.2 Å². The molecule has 1 atom stereocenters. The molecule has 2 aromatic heterocycles. The largest absolute Gasteiger partial charge is 0.465 e. The number of furan rings is 1. The van der Waals surface area contributed by atoms with Crippen molar-refractivity contribution in [2.24, 2.45) is 5.73 Å². The van der Waals surface area contributed by atoms with Gasteiger partial charge >= 0.3 is 0 Å². The minimum Gasteiger partial charge on any atom is -0.465 e. The van der Waals surface area contributed by atoms with E-state index in [-0.39, 0.29) is 16.2 Å². The van der Waals surface area contributed by atoms with Crippen LogP contribution in [0.3, 0.4) is 0 Å². The average Bonchev–Trinajstić information content (AvgIpc) is 3.00. The molecule has 0 saturated heterocycles. The lowest BCUT2D eigenvalue weighted by Gasteiger charge is -2.24. The van der Waals surface area contributed by atoms with E-state index in [0.717, 1.165) is 21.4 Å². The molecule has 0 aliphatic carbocycles. The van der Waals surface area contributed by atoms with Crippen molar-refractivity contribution in [3.05, 3.63) is 74.5 Å². The minimum absolute atomic E-state index is 0.00445. The molecule has 4 rings (SSSR count). The second-order valence-electron chi connectivity index (χ2n) is 5.50. The number of fused-ring (bicyclic) bond motifs is 3. The number of hydrogen-bond acceptors (Lipinski definition) is 6. The summed E-state index contributed by atoms with van der Waals surface area (Å²) in [5.41, 5.74) is 6.57. The van der Waals surface area contributed by atoms with Crippen LogP contribution in [-0.2, 0) is 0 Å². The van der Waals surface area contributed by atoms with E-state index >= 15 is 0 Å². The van der Waals surface area contributed by atoms with Crippen molar-refractivity contribution in [1.82, 2.24) is 0 Å². The highest BCUT2D eigenvalue weighted by molar-refractivity contribution is 7.16. The molecule has 0 spiro atoms. The summed E-state index contributed by atoms with van der Waals surface area (Å²) in [5, 5.41) is 10.3. The summed E-state index contributed by atoms with van der Waals surface area (Å²) in [5.74, 6) is 0.970. The monoisotopic (exact) mass is 336 g/mol. The lowest BCUT2D eigenvalue weighted by Crippen LogP contribution is -2.25. The molecule has 3 heterocycles. The SMILES string of the molecule is Cc1ccc(C2C(C#N)=C(N)Oc3c2c(=O)sc2ccccc32)o1. The summed E-state index contributed by atoms with van der Waals surface area (Å²) in [6.07, 6.45) is 0. The molecule has 24 heavy (non-hydrogen) atoms. The molecule has 1 aliphatic rings. The normalized spacial score (nSPS) is 16.6. The third-order valence-electron chi connectivity index (χ3n) is 4.02. The van der Waals surface area contributed by atoms with Crippen LogP contribution in [0.25, 0.3) is 10.1 Å². The number of nitriles is 1. The molecule has 1 aliphatic heterocycles. The fourth-order valence-corrected chi connectivity index (χ4v) is 3.90. The third-order valence-corrected chi connectivity index (χ3v) is 5.00. The molecule has 118 valence electrons. The van der Waals surface area contributed by atoms with Crippen LogP contribution in [0.4, 0.5) is 0 Å². The van der Waals surface area contributed by atoms with E-state index < -0.39 is 5.92 Å². The van der Waals surface area contributed by atoms with E-state index in [2.05, 4.69) is 6.07 Å². The zero-order valence-corrected chi connectivity index (χ0v) is 13.5. The van der Waals surface area contributed by atoms with E-state index in [1.165, 1.54) is 0 Å². The van der Waals surface area contributed by atoms with Crippen molar-refractivity contribution in [3.63, 3.8) is 0 Å². The van der Waals surface area contributed by atoms with Crippen molar-refractivity contribution in [1.29, 1.82) is 5.26 Å². The first-order chi connectivity index (χ1) is 11.6. The van der Waals surface area contributed by atoms with Gasteiger partial charge in [-0.25, -0.2) is 0 Å². The molecule has 0 fully saturated rings. The van der Waals surface area contributed by atoms with Gasteiger partial charge in [-0.3, -0.25) is 4.79 Å². The Hall–Kier alpha value is -3.04. The van der Waals surface area contributed by atoms with E-state index in [0.29, 0.717) is 22.8 Å². The number of nitrogens with zero attached hydrogens (tertiary/aromatic N) is 1. The Labute approximate surface area is 141 Å². The summed E-state index contributed by atoms with van der Waals surface area (Å²) in [6, 6.07) is 13.1. The average molecular weight is 336 g/mol. The molecule has 3 aromatic rings. The standard InChI is InChI=1S/C18H12N2O3S/c1-9-6-7-12(22-9)14-11(8-19)17(20)23-16-10-4-2-3-5-13(10)24-18(21)15(14)16/h2-7,14H,20H2,1H3. The topological polar surface area (TPSA) is 89.3 Å². The number of hydrogen-bond donors (Lipinski definition) is 1. The smallest absolute Gasteiger partial charge is 0.240 e. The van der Waals surface area contributed by atoms with Crippen molar-refractivity contribution < 1.29 is 9.15 Å². The van der Waals surface area contributed by atoms with Gasteiger partial charge in [0.1, 0.15) is 28.9 Å². The van der Waals surface area contributed by atoms with Crippen molar-refractivity contribution >= 4 is 21.4 Å². The molecule has 5 nitrogen and oxygen atoms in total. The van der Waals surface area contributed by atoms with Gasteiger partial charge in [-0.1, -0.05) is 23.5 Å². The van der Waals surface area contributed by atoms with Crippen LogP contribution in [0.15, 0.2) is 57.1 Å². The number of aryl methyl sites for hydroxylation is 1. The van der Waals surface area contributed by atoms with Gasteiger partial charge in [0.05, 0.1) is 11.5 Å². The second kappa shape index (κ2) is 5.25. The summed E-state index contributed by atoms with van der Waals surface area (Å²) < 4.78 is 12.0. The predicted octanol–water partition coefficient (Wildman–Crippen LogP) is 3.38. The molecular formula is C18H12N2O3S. The maximum Gasteiger partial charge on any atom is 0.240 e. The molecule has 0 saturated carbocycles. The van der Waals surface area contributed by atoms with Crippen molar-refractivity contribution in [3.8, 4) is 11.8 Å². The van der Waals surface area contributed by atoms with Crippen LogP contribution in [0.1, 0.15) is 23.0 Å². The molecule has 1 aromatic carbocycles. The number of allylic oxidation sites excluding steroid dienone is 1. The summed E-state index contributed by atoms with van der Waals surface area (Å²) in [7, 11) is 0. The van der Waals surface area contributed by atoms with Crippen LogP contribution < -0.4 is 15.2 Å². The lowest BCUT2D eigenvalue weighted by atomic mass is 9.88. The second-order valence-corrected chi connectivity index (χ2v) is 6.52.